The van der Waals surface area contributed by atoms with Crippen molar-refractivity contribution in [1.82, 2.24) is 9.80 Å². The maximum absolute atomic E-state index is 12.9. The summed E-state index contributed by atoms with van der Waals surface area (Å²) in [4.78, 5) is 18.9. The van der Waals surface area contributed by atoms with E-state index in [9.17, 15) is 18.0 Å². The highest BCUT2D eigenvalue weighted by atomic mass is 19.4. The van der Waals surface area contributed by atoms with Gasteiger partial charge in [-0.2, -0.15) is 13.2 Å². The van der Waals surface area contributed by atoms with Gasteiger partial charge in [0.05, 0.1) is 11.6 Å². The summed E-state index contributed by atoms with van der Waals surface area (Å²) in [5, 5.41) is 0. The van der Waals surface area contributed by atoms with Crippen molar-refractivity contribution in [1.29, 1.82) is 0 Å². The first-order valence-corrected chi connectivity index (χ1v) is 9.81. The number of hydrogen-bond donors (Lipinski definition) is 0. The zero-order chi connectivity index (χ0) is 19.4. The highest BCUT2D eigenvalue weighted by molar-refractivity contribution is 5.81. The first kappa shape index (κ1) is 20.0. The molecule has 2 fully saturated rings. The molecule has 0 bridgehead atoms. The summed E-state index contributed by atoms with van der Waals surface area (Å²) >= 11 is 0. The van der Waals surface area contributed by atoms with E-state index in [0.29, 0.717) is 31.9 Å². The van der Waals surface area contributed by atoms with E-state index >= 15 is 0 Å². The van der Waals surface area contributed by atoms with Crippen molar-refractivity contribution in [2.24, 2.45) is 0 Å². The largest absolute Gasteiger partial charge is 0.416 e. The monoisotopic (exact) mass is 383 g/mol. The van der Waals surface area contributed by atoms with Crippen LogP contribution in [0.4, 0.5) is 18.9 Å². The van der Waals surface area contributed by atoms with Crippen LogP contribution < -0.4 is 4.90 Å². The Hall–Kier alpha value is -1.76. The molecular weight excluding hydrogens is 355 g/mol. The first-order chi connectivity index (χ1) is 12.9. The molecule has 0 N–H and O–H groups in total. The Morgan fingerprint density at radius 2 is 1.59 bits per heavy atom. The highest BCUT2D eigenvalue weighted by Crippen LogP contribution is 2.32. The lowest BCUT2D eigenvalue weighted by Gasteiger charge is -2.40. The Bertz CT molecular complexity index is 634. The van der Waals surface area contributed by atoms with E-state index in [2.05, 4.69) is 4.90 Å². The molecule has 150 valence electrons. The molecule has 2 saturated heterocycles. The molecule has 1 aromatic rings. The number of hydrogen-bond acceptors (Lipinski definition) is 3. The molecule has 1 unspecified atom stereocenters. The topological polar surface area (TPSA) is 26.8 Å². The number of carbonyl (C=O) groups is 1. The van der Waals surface area contributed by atoms with E-state index in [-0.39, 0.29) is 11.9 Å². The molecule has 1 aromatic carbocycles. The maximum Gasteiger partial charge on any atom is 0.416 e. The number of rotatable bonds is 3. The lowest BCUT2D eigenvalue weighted by Crippen LogP contribution is -2.54. The van der Waals surface area contributed by atoms with Crippen molar-refractivity contribution in [3.63, 3.8) is 0 Å². The molecule has 3 rings (SSSR count). The quantitative estimate of drug-likeness (QED) is 0.798. The Morgan fingerprint density at radius 1 is 0.963 bits per heavy atom. The van der Waals surface area contributed by atoms with Crippen LogP contribution in [0.1, 0.15) is 38.2 Å². The van der Waals surface area contributed by atoms with Crippen molar-refractivity contribution in [2.75, 3.05) is 44.2 Å². The van der Waals surface area contributed by atoms with Gasteiger partial charge in [0, 0.05) is 45.0 Å². The molecule has 2 heterocycles. The van der Waals surface area contributed by atoms with Crippen LogP contribution in [0, 0.1) is 0 Å². The fraction of sp³-hybridized carbons (Fsp3) is 0.650. The molecule has 0 aromatic heterocycles. The van der Waals surface area contributed by atoms with E-state index in [1.165, 1.54) is 25.0 Å². The fourth-order valence-electron chi connectivity index (χ4n) is 3.96. The van der Waals surface area contributed by atoms with Gasteiger partial charge in [0.2, 0.25) is 5.91 Å². The van der Waals surface area contributed by atoms with Gasteiger partial charge in [0.15, 0.2) is 0 Å². The lowest BCUT2D eigenvalue weighted by atomic mass is 10.1. The second kappa shape index (κ2) is 8.50. The summed E-state index contributed by atoms with van der Waals surface area (Å²) in [6.07, 6.45) is 0.192. The lowest BCUT2D eigenvalue weighted by molar-refractivity contribution is -0.138. The Kier molecular flexibility index (Phi) is 6.29. The van der Waals surface area contributed by atoms with E-state index in [1.54, 1.807) is 6.07 Å². The summed E-state index contributed by atoms with van der Waals surface area (Å²) in [6.45, 7) is 6.24. The van der Waals surface area contributed by atoms with Crippen LogP contribution in [0.25, 0.3) is 0 Å². The molecule has 4 nitrogen and oxygen atoms in total. The predicted octanol–water partition coefficient (Wildman–Crippen LogP) is 3.62. The number of carbonyl (C=O) groups excluding carboxylic acids is 1. The van der Waals surface area contributed by atoms with E-state index in [1.807, 2.05) is 16.7 Å². The second-order valence-electron chi connectivity index (χ2n) is 7.49. The van der Waals surface area contributed by atoms with Crippen LogP contribution in [-0.4, -0.2) is 61.0 Å². The normalized spacial score (nSPS) is 21.0. The number of nitrogens with zero attached hydrogens (tertiary/aromatic N) is 3. The molecule has 0 aliphatic carbocycles. The van der Waals surface area contributed by atoms with Crippen LogP contribution in [0.3, 0.4) is 0 Å². The zero-order valence-corrected chi connectivity index (χ0v) is 15.8. The number of anilines is 1. The number of likely N-dealkylation sites (tertiary alicyclic amines) is 1. The third-order valence-corrected chi connectivity index (χ3v) is 5.68. The first-order valence-electron chi connectivity index (χ1n) is 9.81. The average Bonchev–Trinajstić information content (AvgIpc) is 2.96. The van der Waals surface area contributed by atoms with Gasteiger partial charge in [0.25, 0.3) is 0 Å². The highest BCUT2D eigenvalue weighted by Gasteiger charge is 2.32. The number of benzene rings is 1. The zero-order valence-electron chi connectivity index (χ0n) is 15.8. The summed E-state index contributed by atoms with van der Waals surface area (Å²) < 4.78 is 38.8. The molecule has 7 heteroatoms. The predicted molar refractivity (Wildman–Crippen MR) is 99.7 cm³/mol. The van der Waals surface area contributed by atoms with Crippen LogP contribution in [0.5, 0.6) is 0 Å². The SMILES string of the molecule is CC(C(=O)N1CCCCCC1)N1CCN(c2cccc(C(F)(F)F)c2)CC1. The second-order valence-corrected chi connectivity index (χ2v) is 7.49. The number of halogens is 3. The van der Waals surface area contributed by atoms with E-state index in [4.69, 9.17) is 0 Å². The van der Waals surface area contributed by atoms with Gasteiger partial charge in [-0.05, 0) is 38.0 Å². The van der Waals surface area contributed by atoms with Crippen molar-refractivity contribution in [3.8, 4) is 0 Å². The smallest absolute Gasteiger partial charge is 0.369 e. The number of piperazine rings is 1. The van der Waals surface area contributed by atoms with Crippen LogP contribution >= 0.6 is 0 Å². The summed E-state index contributed by atoms with van der Waals surface area (Å²) in [7, 11) is 0. The fourth-order valence-corrected chi connectivity index (χ4v) is 3.96. The Labute approximate surface area is 158 Å². The van der Waals surface area contributed by atoms with Gasteiger partial charge in [-0.15, -0.1) is 0 Å². The summed E-state index contributed by atoms with van der Waals surface area (Å²) in [5.41, 5.74) is -0.0249. The third kappa shape index (κ3) is 4.94. The molecule has 0 radical (unpaired) electrons. The molecular formula is C20H28F3N3O. The van der Waals surface area contributed by atoms with Gasteiger partial charge < -0.3 is 9.80 Å². The minimum atomic E-state index is -4.33. The van der Waals surface area contributed by atoms with Crippen molar-refractivity contribution in [3.05, 3.63) is 29.8 Å². The molecule has 2 aliphatic rings. The number of amides is 1. The third-order valence-electron chi connectivity index (χ3n) is 5.68. The maximum atomic E-state index is 12.9. The molecule has 27 heavy (non-hydrogen) atoms. The van der Waals surface area contributed by atoms with Crippen molar-refractivity contribution >= 4 is 11.6 Å². The van der Waals surface area contributed by atoms with Gasteiger partial charge in [-0.3, -0.25) is 9.69 Å². The minimum Gasteiger partial charge on any atom is -0.369 e. The van der Waals surface area contributed by atoms with Crippen molar-refractivity contribution < 1.29 is 18.0 Å². The van der Waals surface area contributed by atoms with Gasteiger partial charge >= 0.3 is 6.18 Å². The summed E-state index contributed by atoms with van der Waals surface area (Å²) in [6, 6.07) is 5.31. The van der Waals surface area contributed by atoms with E-state index in [0.717, 1.165) is 32.0 Å². The van der Waals surface area contributed by atoms with Gasteiger partial charge in [0.1, 0.15) is 0 Å². The molecule has 1 amide bonds. The van der Waals surface area contributed by atoms with Crippen molar-refractivity contribution in [2.45, 2.75) is 44.8 Å². The van der Waals surface area contributed by atoms with Gasteiger partial charge in [-0.1, -0.05) is 18.9 Å². The molecule has 0 saturated carbocycles. The van der Waals surface area contributed by atoms with Crippen LogP contribution in [-0.2, 0) is 11.0 Å². The van der Waals surface area contributed by atoms with Gasteiger partial charge in [-0.25, -0.2) is 0 Å². The van der Waals surface area contributed by atoms with Crippen LogP contribution in [0.15, 0.2) is 24.3 Å². The molecule has 2 aliphatic heterocycles. The Morgan fingerprint density at radius 3 is 2.19 bits per heavy atom. The standard InChI is InChI=1S/C20H28F3N3O/c1-16(19(27)26-9-4-2-3-5-10-26)24-11-13-25(14-12-24)18-8-6-7-17(15-18)20(21,22)23/h6-8,15-16H,2-5,9-14H2,1H3. The molecule has 1 atom stereocenters. The van der Waals surface area contributed by atoms with Crippen LogP contribution in [0.2, 0.25) is 0 Å². The average molecular weight is 383 g/mol. The number of alkyl halides is 3. The summed E-state index contributed by atoms with van der Waals surface area (Å²) in [5.74, 6) is 0.185. The Balaban J connectivity index is 1.57. The van der Waals surface area contributed by atoms with E-state index < -0.39 is 11.7 Å². The minimum absolute atomic E-state index is 0.174. The molecule has 0 spiro atoms.